The number of hydrogen-bond donors (Lipinski definition) is 0. The number of carbonyl (C=O) groups excluding carboxylic acids is 2. The van der Waals surface area contributed by atoms with Crippen molar-refractivity contribution >= 4 is 11.9 Å². The summed E-state index contributed by atoms with van der Waals surface area (Å²) in [5.74, 6) is -0.296. The molecule has 5 heteroatoms. The fourth-order valence-corrected chi connectivity index (χ4v) is 2.99. The van der Waals surface area contributed by atoms with E-state index in [0.717, 1.165) is 17.5 Å². The van der Waals surface area contributed by atoms with E-state index in [1.165, 1.54) is 12.7 Å². The molecule has 0 saturated carbocycles. The summed E-state index contributed by atoms with van der Waals surface area (Å²) in [5.41, 5.74) is 3.67. The van der Waals surface area contributed by atoms with Gasteiger partial charge in [-0.2, -0.15) is 0 Å². The van der Waals surface area contributed by atoms with Gasteiger partial charge in [-0.25, -0.2) is 4.79 Å². The highest BCUT2D eigenvalue weighted by Gasteiger charge is 2.22. The van der Waals surface area contributed by atoms with Crippen molar-refractivity contribution in [2.24, 2.45) is 0 Å². The van der Waals surface area contributed by atoms with Gasteiger partial charge in [0, 0.05) is 13.1 Å². The summed E-state index contributed by atoms with van der Waals surface area (Å²) in [4.78, 5) is 26.4. The lowest BCUT2D eigenvalue weighted by atomic mass is 10.00. The minimum Gasteiger partial charge on any atom is -0.496 e. The van der Waals surface area contributed by atoms with Gasteiger partial charge in [-0.15, -0.1) is 0 Å². The van der Waals surface area contributed by atoms with Crippen LogP contribution < -0.4 is 4.74 Å². The van der Waals surface area contributed by atoms with Crippen LogP contribution in [0.15, 0.2) is 42.5 Å². The minimum absolute atomic E-state index is 0.186. The molecule has 0 N–H and O–H groups in total. The van der Waals surface area contributed by atoms with Gasteiger partial charge in [-0.1, -0.05) is 35.9 Å². The van der Waals surface area contributed by atoms with Gasteiger partial charge in [0.1, 0.15) is 11.3 Å². The zero-order chi connectivity index (χ0) is 17.8. The Morgan fingerprint density at radius 3 is 2.64 bits per heavy atom. The summed E-state index contributed by atoms with van der Waals surface area (Å²) in [5, 5.41) is 0. The highest BCUT2D eigenvalue weighted by Crippen LogP contribution is 2.21. The Hall–Kier alpha value is -2.82. The SMILES string of the molecule is COc1ccc(C)cc1C(=O)OCC(=O)N1CCc2ccccc2C1. The van der Waals surface area contributed by atoms with E-state index < -0.39 is 5.97 Å². The molecule has 1 heterocycles. The first-order valence-electron chi connectivity index (χ1n) is 8.25. The van der Waals surface area contributed by atoms with E-state index in [4.69, 9.17) is 9.47 Å². The lowest BCUT2D eigenvalue weighted by Gasteiger charge is -2.28. The average Bonchev–Trinajstić information content (AvgIpc) is 2.65. The van der Waals surface area contributed by atoms with Crippen LogP contribution in [0.5, 0.6) is 5.75 Å². The molecular formula is C20H21NO4. The Bertz CT molecular complexity index is 800. The van der Waals surface area contributed by atoms with Gasteiger partial charge in [-0.05, 0) is 36.6 Å². The van der Waals surface area contributed by atoms with Crippen molar-refractivity contribution in [3.63, 3.8) is 0 Å². The van der Waals surface area contributed by atoms with Gasteiger partial charge in [-0.3, -0.25) is 4.79 Å². The standard InChI is InChI=1S/C20H21NO4/c1-14-7-8-18(24-2)17(11-14)20(23)25-13-19(22)21-10-9-15-5-3-4-6-16(15)12-21/h3-8,11H,9-10,12-13H2,1-2H3. The van der Waals surface area contributed by atoms with Crippen molar-refractivity contribution in [2.45, 2.75) is 19.9 Å². The van der Waals surface area contributed by atoms with E-state index in [1.807, 2.05) is 31.2 Å². The first kappa shape index (κ1) is 17.0. The first-order chi connectivity index (χ1) is 12.1. The Labute approximate surface area is 147 Å². The minimum atomic E-state index is -0.550. The third-order valence-corrected chi connectivity index (χ3v) is 4.38. The molecule has 0 aromatic heterocycles. The summed E-state index contributed by atoms with van der Waals surface area (Å²) in [6.45, 7) is 2.81. The van der Waals surface area contributed by atoms with Crippen LogP contribution in [0.4, 0.5) is 0 Å². The highest BCUT2D eigenvalue weighted by atomic mass is 16.5. The normalized spacial score (nSPS) is 13.1. The molecule has 0 saturated heterocycles. The van der Waals surface area contributed by atoms with Crippen molar-refractivity contribution in [3.8, 4) is 5.75 Å². The quantitative estimate of drug-likeness (QED) is 0.804. The summed E-state index contributed by atoms with van der Waals surface area (Å²) in [6.07, 6.45) is 0.821. The van der Waals surface area contributed by atoms with Crippen LogP contribution in [0.1, 0.15) is 27.0 Å². The predicted molar refractivity (Wildman–Crippen MR) is 93.6 cm³/mol. The van der Waals surface area contributed by atoms with Crippen LogP contribution in [0.25, 0.3) is 0 Å². The fourth-order valence-electron chi connectivity index (χ4n) is 2.99. The number of methoxy groups -OCH3 is 1. The van der Waals surface area contributed by atoms with Crippen LogP contribution in [0, 0.1) is 6.92 Å². The molecule has 0 aliphatic carbocycles. The molecule has 2 aromatic carbocycles. The van der Waals surface area contributed by atoms with Crippen LogP contribution in [-0.2, 0) is 22.5 Å². The number of hydrogen-bond acceptors (Lipinski definition) is 4. The van der Waals surface area contributed by atoms with Crippen LogP contribution in [0.2, 0.25) is 0 Å². The van der Waals surface area contributed by atoms with Gasteiger partial charge < -0.3 is 14.4 Å². The van der Waals surface area contributed by atoms with Crippen molar-refractivity contribution < 1.29 is 19.1 Å². The molecule has 0 bridgehead atoms. The lowest BCUT2D eigenvalue weighted by molar-refractivity contribution is -0.135. The Kier molecular flexibility index (Phi) is 5.03. The smallest absolute Gasteiger partial charge is 0.342 e. The molecule has 130 valence electrons. The van der Waals surface area contributed by atoms with Crippen LogP contribution >= 0.6 is 0 Å². The first-order valence-corrected chi connectivity index (χ1v) is 8.25. The maximum absolute atomic E-state index is 12.4. The predicted octanol–water partition coefficient (Wildman–Crippen LogP) is 2.75. The number of benzene rings is 2. The molecule has 0 radical (unpaired) electrons. The molecule has 0 spiro atoms. The van der Waals surface area contributed by atoms with Crippen LogP contribution in [-0.4, -0.2) is 37.0 Å². The zero-order valence-electron chi connectivity index (χ0n) is 14.5. The molecule has 1 amide bonds. The molecule has 5 nitrogen and oxygen atoms in total. The van der Waals surface area contributed by atoms with E-state index in [2.05, 4.69) is 6.07 Å². The number of aryl methyl sites for hydroxylation is 1. The lowest BCUT2D eigenvalue weighted by Crippen LogP contribution is -2.38. The maximum Gasteiger partial charge on any atom is 0.342 e. The second kappa shape index (κ2) is 7.38. The van der Waals surface area contributed by atoms with E-state index in [-0.39, 0.29) is 12.5 Å². The fraction of sp³-hybridized carbons (Fsp3) is 0.300. The Balaban J connectivity index is 1.61. The summed E-state index contributed by atoms with van der Waals surface area (Å²) in [6, 6.07) is 13.4. The topological polar surface area (TPSA) is 55.8 Å². The largest absolute Gasteiger partial charge is 0.496 e. The van der Waals surface area contributed by atoms with Crippen LogP contribution in [0.3, 0.4) is 0 Å². The van der Waals surface area contributed by atoms with Gasteiger partial charge in [0.15, 0.2) is 6.61 Å². The van der Waals surface area contributed by atoms with Gasteiger partial charge >= 0.3 is 5.97 Å². The van der Waals surface area contributed by atoms with E-state index in [9.17, 15) is 9.59 Å². The summed E-state index contributed by atoms with van der Waals surface area (Å²) >= 11 is 0. The molecule has 3 rings (SSSR count). The second-order valence-electron chi connectivity index (χ2n) is 6.11. The molecule has 2 aromatic rings. The van der Waals surface area contributed by atoms with Crippen molar-refractivity contribution in [3.05, 3.63) is 64.7 Å². The maximum atomic E-state index is 12.4. The Morgan fingerprint density at radius 2 is 1.88 bits per heavy atom. The van der Waals surface area contributed by atoms with E-state index >= 15 is 0 Å². The zero-order valence-corrected chi connectivity index (χ0v) is 14.5. The van der Waals surface area contributed by atoms with E-state index in [0.29, 0.717) is 24.4 Å². The highest BCUT2D eigenvalue weighted by molar-refractivity contribution is 5.94. The average molecular weight is 339 g/mol. The third kappa shape index (κ3) is 3.82. The number of esters is 1. The molecule has 1 aliphatic heterocycles. The number of carbonyl (C=O) groups is 2. The number of nitrogens with zero attached hydrogens (tertiary/aromatic N) is 1. The van der Waals surface area contributed by atoms with Crippen molar-refractivity contribution in [2.75, 3.05) is 20.3 Å². The van der Waals surface area contributed by atoms with Gasteiger partial charge in [0.25, 0.3) is 5.91 Å². The number of rotatable bonds is 4. The van der Waals surface area contributed by atoms with Gasteiger partial charge in [0.05, 0.1) is 7.11 Å². The van der Waals surface area contributed by atoms with Crippen molar-refractivity contribution in [1.82, 2.24) is 4.90 Å². The summed E-state index contributed by atoms with van der Waals surface area (Å²) in [7, 11) is 1.50. The summed E-state index contributed by atoms with van der Waals surface area (Å²) < 4.78 is 10.4. The Morgan fingerprint density at radius 1 is 1.12 bits per heavy atom. The number of ether oxygens (including phenoxy) is 2. The molecule has 0 unspecified atom stereocenters. The third-order valence-electron chi connectivity index (χ3n) is 4.38. The second-order valence-corrected chi connectivity index (χ2v) is 6.11. The van der Waals surface area contributed by atoms with Crippen molar-refractivity contribution in [1.29, 1.82) is 0 Å². The monoisotopic (exact) mass is 339 g/mol. The molecule has 25 heavy (non-hydrogen) atoms. The molecular weight excluding hydrogens is 318 g/mol. The van der Waals surface area contributed by atoms with E-state index in [1.54, 1.807) is 17.0 Å². The molecule has 1 aliphatic rings. The van der Waals surface area contributed by atoms with Gasteiger partial charge in [0.2, 0.25) is 0 Å². The molecule has 0 atom stereocenters. The molecule has 0 fully saturated rings. The number of fused-ring (bicyclic) bond motifs is 1. The number of amides is 1.